The maximum Gasteiger partial charge on any atom is 0.124 e. The molecule has 0 aliphatic carbocycles. The van der Waals surface area contributed by atoms with Gasteiger partial charge in [-0.2, -0.15) is 0 Å². The summed E-state index contributed by atoms with van der Waals surface area (Å²) < 4.78 is 45.7. The lowest BCUT2D eigenvalue weighted by atomic mass is 9.92. The van der Waals surface area contributed by atoms with Gasteiger partial charge in [-0.3, -0.25) is 0 Å². The Morgan fingerprint density at radius 3 is 2.65 bits per heavy atom. The lowest BCUT2D eigenvalue weighted by molar-refractivity contribution is 0.0709. The highest BCUT2D eigenvalue weighted by Gasteiger charge is 2.47. The first-order valence-electron chi connectivity index (χ1n) is 6.31. The van der Waals surface area contributed by atoms with Gasteiger partial charge in [-0.15, -0.1) is 0 Å². The lowest BCUT2D eigenvalue weighted by Crippen LogP contribution is -2.26. The van der Waals surface area contributed by atoms with E-state index in [1.807, 2.05) is 6.92 Å². The fourth-order valence-corrected chi connectivity index (χ4v) is 4.24. The van der Waals surface area contributed by atoms with Gasteiger partial charge < -0.3 is 14.0 Å². The molecule has 2 aliphatic rings. The van der Waals surface area contributed by atoms with Crippen molar-refractivity contribution in [3.05, 3.63) is 29.3 Å². The minimum absolute atomic E-state index is 0.0947. The molecular weight excluding hydrogens is 348 g/mol. The molecule has 20 heavy (non-hydrogen) atoms. The van der Waals surface area contributed by atoms with Crippen molar-refractivity contribution in [2.45, 2.75) is 34.8 Å². The number of alkyl halides is 1. The molecule has 1 aromatic rings. The third-order valence-electron chi connectivity index (χ3n) is 3.83. The molecule has 2 saturated heterocycles. The van der Waals surface area contributed by atoms with E-state index in [1.165, 1.54) is 6.07 Å². The van der Waals surface area contributed by atoms with Crippen LogP contribution in [-0.2, 0) is 19.6 Å². The van der Waals surface area contributed by atoms with Gasteiger partial charge in [0.15, 0.2) is 0 Å². The Morgan fingerprint density at radius 1 is 1.25 bits per heavy atom. The Hall–Kier alpha value is -0.470. The first kappa shape index (κ1) is 14.5. The van der Waals surface area contributed by atoms with Gasteiger partial charge in [0.2, 0.25) is 0 Å². The Morgan fingerprint density at radius 2 is 1.95 bits per heavy atom. The Kier molecular flexibility index (Phi) is 3.66. The van der Waals surface area contributed by atoms with Crippen molar-refractivity contribution in [1.29, 1.82) is 0 Å². The Bertz CT molecular complexity index is 630. The number of rotatable bonds is 2. The summed E-state index contributed by atoms with van der Waals surface area (Å²) in [5.74, 6) is -0.221. The van der Waals surface area contributed by atoms with E-state index < -0.39 is 10.1 Å². The van der Waals surface area contributed by atoms with Crippen molar-refractivity contribution in [3.63, 3.8) is 0 Å². The van der Waals surface area contributed by atoms with Crippen molar-refractivity contribution in [1.82, 2.24) is 0 Å². The predicted octanol–water partition coefficient (Wildman–Crippen LogP) is 1.54. The van der Waals surface area contributed by atoms with Crippen LogP contribution in [0.5, 0.6) is 0 Å². The van der Waals surface area contributed by atoms with Crippen LogP contribution in [0, 0.1) is 6.92 Å². The van der Waals surface area contributed by atoms with Gasteiger partial charge in [0.1, 0.15) is 10.1 Å². The average molecular weight is 362 g/mol. The van der Waals surface area contributed by atoms with E-state index in [0.29, 0.717) is 18.8 Å². The summed E-state index contributed by atoms with van der Waals surface area (Å²) in [5.41, 5.74) is 1.42. The van der Waals surface area contributed by atoms with Gasteiger partial charge in [-0.1, -0.05) is 33.6 Å². The van der Waals surface area contributed by atoms with Crippen molar-refractivity contribution in [2.24, 2.45) is 0 Å². The standard InChI is InChI=1S/C13H15BrO5S/c1-7-2-3-11(20(15,16)17)8(4-7)9-5-18-13-10(14)6-19-12(9)13/h2-4,9-10,12-13H,5-6H2,1H3,(H,15,16,17)/p-1/t9-,10+,12+,13-/m1/s1. The van der Waals surface area contributed by atoms with Crippen LogP contribution in [0.3, 0.4) is 0 Å². The molecule has 1 aromatic carbocycles. The number of benzene rings is 1. The van der Waals surface area contributed by atoms with E-state index in [-0.39, 0.29) is 27.8 Å². The van der Waals surface area contributed by atoms with E-state index in [1.54, 1.807) is 12.1 Å². The SMILES string of the molecule is Cc1ccc(S(=O)(=O)[O-])c([C@H]2CO[C@H]3[C@H]2OC[C@@H]3Br)c1. The second-order valence-electron chi connectivity index (χ2n) is 5.21. The number of ether oxygens (including phenoxy) is 2. The first-order valence-corrected chi connectivity index (χ1v) is 8.64. The van der Waals surface area contributed by atoms with Crippen LogP contribution in [0.25, 0.3) is 0 Å². The van der Waals surface area contributed by atoms with Crippen LogP contribution in [0.15, 0.2) is 23.1 Å². The maximum atomic E-state index is 11.4. The van der Waals surface area contributed by atoms with Gasteiger partial charge in [-0.05, 0) is 18.6 Å². The van der Waals surface area contributed by atoms with Crippen molar-refractivity contribution < 1.29 is 22.4 Å². The molecule has 5 nitrogen and oxygen atoms in total. The highest BCUT2D eigenvalue weighted by atomic mass is 79.9. The molecule has 0 unspecified atom stereocenters. The molecule has 110 valence electrons. The fraction of sp³-hybridized carbons (Fsp3) is 0.538. The Balaban J connectivity index is 2.04. The van der Waals surface area contributed by atoms with Gasteiger partial charge in [0.25, 0.3) is 0 Å². The van der Waals surface area contributed by atoms with Crippen LogP contribution in [0.1, 0.15) is 17.0 Å². The van der Waals surface area contributed by atoms with Crippen molar-refractivity contribution in [3.8, 4) is 0 Å². The number of hydrogen-bond donors (Lipinski definition) is 0. The summed E-state index contributed by atoms with van der Waals surface area (Å²) >= 11 is 3.49. The normalized spacial score (nSPS) is 33.4. The van der Waals surface area contributed by atoms with Gasteiger partial charge >= 0.3 is 0 Å². The van der Waals surface area contributed by atoms with E-state index in [0.717, 1.165) is 5.56 Å². The summed E-state index contributed by atoms with van der Waals surface area (Å²) in [6.07, 6.45) is -0.301. The zero-order valence-electron chi connectivity index (χ0n) is 10.8. The van der Waals surface area contributed by atoms with Crippen LogP contribution in [0.2, 0.25) is 0 Å². The number of hydrogen-bond acceptors (Lipinski definition) is 5. The van der Waals surface area contributed by atoms with Crippen molar-refractivity contribution >= 4 is 26.0 Å². The molecular formula is C13H14BrO5S-. The largest absolute Gasteiger partial charge is 0.744 e. The monoisotopic (exact) mass is 361 g/mol. The average Bonchev–Trinajstić information content (AvgIpc) is 2.91. The maximum absolute atomic E-state index is 11.4. The molecule has 0 bridgehead atoms. The highest BCUT2D eigenvalue weighted by Crippen LogP contribution is 2.41. The smallest absolute Gasteiger partial charge is 0.124 e. The molecule has 0 N–H and O–H groups in total. The summed E-state index contributed by atoms with van der Waals surface area (Å²) in [4.78, 5) is -0.0615. The molecule has 7 heteroatoms. The molecule has 2 heterocycles. The summed E-state index contributed by atoms with van der Waals surface area (Å²) in [5, 5.41) is 0. The molecule has 3 rings (SSSR count). The fourth-order valence-electron chi connectivity index (χ4n) is 2.90. The third-order valence-corrected chi connectivity index (χ3v) is 5.52. The molecule has 0 saturated carbocycles. The van der Waals surface area contributed by atoms with Crippen LogP contribution >= 0.6 is 15.9 Å². The molecule has 2 fully saturated rings. The van der Waals surface area contributed by atoms with Crippen LogP contribution in [-0.4, -0.2) is 43.2 Å². The zero-order valence-corrected chi connectivity index (χ0v) is 13.2. The zero-order chi connectivity index (χ0) is 14.5. The molecule has 0 amide bonds. The number of aryl methyl sites for hydroxylation is 1. The van der Waals surface area contributed by atoms with Gasteiger partial charge in [-0.25, -0.2) is 8.42 Å². The number of halogens is 1. The first-order chi connectivity index (χ1) is 9.38. The molecule has 0 spiro atoms. The minimum atomic E-state index is -4.50. The van der Waals surface area contributed by atoms with Gasteiger partial charge in [0, 0.05) is 5.92 Å². The quantitative estimate of drug-likeness (QED) is 0.589. The van der Waals surface area contributed by atoms with E-state index in [2.05, 4.69) is 15.9 Å². The Labute approximate surface area is 126 Å². The highest BCUT2D eigenvalue weighted by molar-refractivity contribution is 9.09. The van der Waals surface area contributed by atoms with Crippen LogP contribution < -0.4 is 0 Å². The second-order valence-corrected chi connectivity index (χ2v) is 7.74. The number of fused-ring (bicyclic) bond motifs is 1. The minimum Gasteiger partial charge on any atom is -0.744 e. The molecule has 2 aliphatic heterocycles. The second kappa shape index (κ2) is 5.06. The molecule has 0 radical (unpaired) electrons. The third kappa shape index (κ3) is 2.42. The topological polar surface area (TPSA) is 75.7 Å². The van der Waals surface area contributed by atoms with E-state index in [9.17, 15) is 13.0 Å². The molecule has 4 atom stereocenters. The van der Waals surface area contributed by atoms with Gasteiger partial charge in [0.05, 0.1) is 35.1 Å². The predicted molar refractivity (Wildman–Crippen MR) is 74.1 cm³/mol. The summed E-state index contributed by atoms with van der Waals surface area (Å²) in [6.45, 7) is 2.75. The van der Waals surface area contributed by atoms with Crippen LogP contribution in [0.4, 0.5) is 0 Å². The van der Waals surface area contributed by atoms with E-state index >= 15 is 0 Å². The van der Waals surface area contributed by atoms with Crippen molar-refractivity contribution in [2.75, 3.05) is 13.2 Å². The van der Waals surface area contributed by atoms with E-state index in [4.69, 9.17) is 9.47 Å². The summed E-state index contributed by atoms with van der Waals surface area (Å²) in [7, 11) is -4.50. The molecule has 0 aromatic heterocycles. The lowest BCUT2D eigenvalue weighted by Gasteiger charge is -2.21. The summed E-state index contributed by atoms with van der Waals surface area (Å²) in [6, 6.07) is 4.75.